The summed E-state index contributed by atoms with van der Waals surface area (Å²) in [5, 5.41) is 0. The van der Waals surface area contributed by atoms with Crippen molar-refractivity contribution in [3.63, 3.8) is 0 Å². The summed E-state index contributed by atoms with van der Waals surface area (Å²) in [6.07, 6.45) is 1.27. The molecular weight excluding hydrogens is 228 g/mol. The molecule has 1 saturated heterocycles. The molecule has 2 rings (SSSR count). The molecule has 1 aliphatic rings. The monoisotopic (exact) mass is 248 g/mol. The van der Waals surface area contributed by atoms with Crippen LogP contribution in [0.2, 0.25) is 0 Å². The largest absolute Gasteiger partial charge is 0.468 e. The number of hydrogen-bond donors (Lipinski definition) is 1. The Bertz CT molecular complexity index is 437. The number of methoxy groups -OCH3 is 1. The van der Waals surface area contributed by atoms with Gasteiger partial charge in [-0.05, 0) is 37.5 Å². The molecule has 1 fully saturated rings. The first-order valence-electron chi connectivity index (χ1n) is 6.24. The minimum atomic E-state index is -0.810. The van der Waals surface area contributed by atoms with E-state index in [1.54, 1.807) is 0 Å². The first-order chi connectivity index (χ1) is 8.55. The second-order valence-corrected chi connectivity index (χ2v) is 4.97. The number of anilines is 1. The summed E-state index contributed by atoms with van der Waals surface area (Å²) in [4.78, 5) is 13.9. The third kappa shape index (κ3) is 2.48. The highest BCUT2D eigenvalue weighted by Crippen LogP contribution is 2.26. The highest BCUT2D eigenvalue weighted by Gasteiger charge is 2.38. The summed E-state index contributed by atoms with van der Waals surface area (Å²) >= 11 is 0. The molecular formula is C14H20N2O2. The topological polar surface area (TPSA) is 55.6 Å². The van der Waals surface area contributed by atoms with Gasteiger partial charge in [-0.1, -0.05) is 12.1 Å². The van der Waals surface area contributed by atoms with Gasteiger partial charge in [0, 0.05) is 18.8 Å². The summed E-state index contributed by atoms with van der Waals surface area (Å²) in [5.74, 6) is -0.300. The van der Waals surface area contributed by atoms with Crippen LogP contribution in [-0.4, -0.2) is 31.7 Å². The first-order valence-corrected chi connectivity index (χ1v) is 6.24. The Morgan fingerprint density at radius 3 is 2.61 bits per heavy atom. The molecule has 4 nitrogen and oxygen atoms in total. The summed E-state index contributed by atoms with van der Waals surface area (Å²) in [6, 6.07) is 8.38. The van der Waals surface area contributed by atoms with E-state index in [0.717, 1.165) is 13.1 Å². The summed E-state index contributed by atoms with van der Waals surface area (Å²) < 4.78 is 4.77. The van der Waals surface area contributed by atoms with Crippen LogP contribution in [0, 0.1) is 6.92 Å². The predicted molar refractivity (Wildman–Crippen MR) is 71.6 cm³/mol. The number of nitrogens with two attached hydrogens (primary N) is 1. The number of ether oxygens (including phenoxy) is 1. The number of benzene rings is 1. The fourth-order valence-electron chi connectivity index (χ4n) is 2.40. The minimum absolute atomic E-state index is 0.300. The molecule has 0 aromatic heterocycles. The molecule has 1 aliphatic heterocycles. The summed E-state index contributed by atoms with van der Waals surface area (Å²) in [7, 11) is 1.39. The quantitative estimate of drug-likeness (QED) is 0.805. The van der Waals surface area contributed by atoms with Gasteiger partial charge in [0.1, 0.15) is 5.54 Å². The Morgan fingerprint density at radius 1 is 1.39 bits per heavy atom. The van der Waals surface area contributed by atoms with E-state index >= 15 is 0 Å². The summed E-state index contributed by atoms with van der Waals surface area (Å²) in [5.41, 5.74) is 7.71. The lowest BCUT2D eigenvalue weighted by Crippen LogP contribution is -2.56. The van der Waals surface area contributed by atoms with Crippen molar-refractivity contribution in [1.82, 2.24) is 0 Å². The van der Waals surface area contributed by atoms with Crippen LogP contribution in [0.1, 0.15) is 18.4 Å². The lowest BCUT2D eigenvalue weighted by molar-refractivity contribution is -0.147. The lowest BCUT2D eigenvalue weighted by atomic mass is 9.88. The highest BCUT2D eigenvalue weighted by molar-refractivity contribution is 5.81. The van der Waals surface area contributed by atoms with Crippen molar-refractivity contribution < 1.29 is 9.53 Å². The normalized spacial score (nSPS) is 18.5. The van der Waals surface area contributed by atoms with Crippen LogP contribution < -0.4 is 10.6 Å². The van der Waals surface area contributed by atoms with Crippen LogP contribution in [0.15, 0.2) is 24.3 Å². The SMILES string of the molecule is COC(=O)C1(N)CCN(c2cccc(C)c2)CC1. The zero-order valence-corrected chi connectivity index (χ0v) is 11.0. The van der Waals surface area contributed by atoms with Crippen LogP contribution in [0.5, 0.6) is 0 Å². The van der Waals surface area contributed by atoms with Crippen LogP contribution in [-0.2, 0) is 9.53 Å². The highest BCUT2D eigenvalue weighted by atomic mass is 16.5. The van der Waals surface area contributed by atoms with Crippen molar-refractivity contribution in [2.45, 2.75) is 25.3 Å². The van der Waals surface area contributed by atoms with Gasteiger partial charge in [0.15, 0.2) is 0 Å². The van der Waals surface area contributed by atoms with E-state index < -0.39 is 5.54 Å². The van der Waals surface area contributed by atoms with E-state index in [2.05, 4.69) is 36.1 Å². The van der Waals surface area contributed by atoms with E-state index in [0.29, 0.717) is 12.8 Å². The number of nitrogens with zero attached hydrogens (tertiary/aromatic N) is 1. The van der Waals surface area contributed by atoms with Gasteiger partial charge in [0.2, 0.25) is 0 Å². The average molecular weight is 248 g/mol. The summed E-state index contributed by atoms with van der Waals surface area (Å²) in [6.45, 7) is 3.65. The van der Waals surface area contributed by atoms with Crippen molar-refractivity contribution >= 4 is 11.7 Å². The van der Waals surface area contributed by atoms with Gasteiger partial charge in [0.05, 0.1) is 7.11 Å². The second-order valence-electron chi connectivity index (χ2n) is 4.97. The molecule has 18 heavy (non-hydrogen) atoms. The molecule has 2 N–H and O–H groups in total. The third-order valence-corrected chi connectivity index (χ3v) is 3.61. The van der Waals surface area contributed by atoms with E-state index in [1.165, 1.54) is 18.4 Å². The minimum Gasteiger partial charge on any atom is -0.468 e. The average Bonchev–Trinajstić information content (AvgIpc) is 2.38. The van der Waals surface area contributed by atoms with E-state index in [1.807, 2.05) is 0 Å². The number of carbonyl (C=O) groups excluding carboxylic acids is 1. The molecule has 0 bridgehead atoms. The molecule has 4 heteroatoms. The molecule has 1 heterocycles. The van der Waals surface area contributed by atoms with Crippen molar-refractivity contribution in [3.05, 3.63) is 29.8 Å². The maximum atomic E-state index is 11.6. The van der Waals surface area contributed by atoms with Crippen molar-refractivity contribution in [1.29, 1.82) is 0 Å². The van der Waals surface area contributed by atoms with Crippen LogP contribution in [0.3, 0.4) is 0 Å². The molecule has 1 aromatic rings. The van der Waals surface area contributed by atoms with Gasteiger partial charge in [-0.2, -0.15) is 0 Å². The fraction of sp³-hybridized carbons (Fsp3) is 0.500. The molecule has 0 aliphatic carbocycles. The van der Waals surface area contributed by atoms with Gasteiger partial charge < -0.3 is 15.4 Å². The van der Waals surface area contributed by atoms with Crippen LogP contribution in [0.4, 0.5) is 5.69 Å². The Balaban J connectivity index is 2.05. The molecule has 0 unspecified atom stereocenters. The van der Waals surface area contributed by atoms with E-state index in [9.17, 15) is 4.79 Å². The van der Waals surface area contributed by atoms with Gasteiger partial charge in [-0.3, -0.25) is 4.79 Å². The lowest BCUT2D eigenvalue weighted by Gasteiger charge is -2.38. The first kappa shape index (κ1) is 12.9. The Morgan fingerprint density at radius 2 is 2.06 bits per heavy atom. The number of carbonyl (C=O) groups is 1. The molecule has 98 valence electrons. The second kappa shape index (κ2) is 4.98. The van der Waals surface area contributed by atoms with E-state index in [4.69, 9.17) is 10.5 Å². The number of esters is 1. The molecule has 0 atom stereocenters. The number of piperidine rings is 1. The van der Waals surface area contributed by atoms with Gasteiger partial charge >= 0.3 is 5.97 Å². The molecule has 0 radical (unpaired) electrons. The zero-order valence-electron chi connectivity index (χ0n) is 11.0. The van der Waals surface area contributed by atoms with Gasteiger partial charge in [-0.25, -0.2) is 0 Å². The third-order valence-electron chi connectivity index (χ3n) is 3.61. The Labute approximate surface area is 108 Å². The molecule has 0 spiro atoms. The van der Waals surface area contributed by atoms with Gasteiger partial charge in [0.25, 0.3) is 0 Å². The van der Waals surface area contributed by atoms with Crippen molar-refractivity contribution in [2.24, 2.45) is 5.73 Å². The maximum Gasteiger partial charge on any atom is 0.325 e. The van der Waals surface area contributed by atoms with Crippen molar-refractivity contribution in [3.8, 4) is 0 Å². The smallest absolute Gasteiger partial charge is 0.325 e. The predicted octanol–water partition coefficient (Wildman–Crippen LogP) is 1.47. The molecule has 1 aromatic carbocycles. The number of hydrogen-bond acceptors (Lipinski definition) is 4. The standard InChI is InChI=1S/C14H20N2O2/c1-11-4-3-5-12(10-11)16-8-6-14(15,7-9-16)13(17)18-2/h3-5,10H,6-9,15H2,1-2H3. The Hall–Kier alpha value is -1.55. The number of aryl methyl sites for hydroxylation is 1. The Kier molecular flexibility index (Phi) is 3.57. The van der Waals surface area contributed by atoms with E-state index in [-0.39, 0.29) is 5.97 Å². The van der Waals surface area contributed by atoms with Crippen molar-refractivity contribution in [2.75, 3.05) is 25.1 Å². The van der Waals surface area contributed by atoms with Crippen LogP contribution >= 0.6 is 0 Å². The molecule has 0 amide bonds. The molecule has 0 saturated carbocycles. The maximum absolute atomic E-state index is 11.6. The van der Waals surface area contributed by atoms with Crippen LogP contribution in [0.25, 0.3) is 0 Å². The zero-order chi connectivity index (χ0) is 13.2. The van der Waals surface area contributed by atoms with Gasteiger partial charge in [-0.15, -0.1) is 0 Å². The number of rotatable bonds is 2. The fourth-order valence-corrected chi connectivity index (χ4v) is 2.40.